The molecule has 3 N–H and O–H groups in total. The Morgan fingerprint density at radius 3 is 2.61 bits per heavy atom. The highest BCUT2D eigenvalue weighted by atomic mass is 35.5. The second-order valence-electron chi connectivity index (χ2n) is 7.01. The van der Waals surface area contributed by atoms with Gasteiger partial charge in [0.25, 0.3) is 5.91 Å². The summed E-state index contributed by atoms with van der Waals surface area (Å²) in [5, 5.41) is 12.6. The van der Waals surface area contributed by atoms with Crippen molar-refractivity contribution < 1.29 is 23.8 Å². The van der Waals surface area contributed by atoms with Gasteiger partial charge in [0.2, 0.25) is 5.88 Å². The molecule has 0 aliphatic carbocycles. The van der Waals surface area contributed by atoms with E-state index in [1.165, 1.54) is 0 Å². The van der Waals surface area contributed by atoms with Crippen molar-refractivity contribution >= 4 is 29.2 Å². The third-order valence-electron chi connectivity index (χ3n) is 4.81. The fourth-order valence-electron chi connectivity index (χ4n) is 3.36. The Hall–Kier alpha value is -3.96. The molecule has 9 heteroatoms. The van der Waals surface area contributed by atoms with Gasteiger partial charge >= 0.3 is 5.97 Å². The van der Waals surface area contributed by atoms with Crippen LogP contribution in [0.5, 0.6) is 5.75 Å². The van der Waals surface area contributed by atoms with E-state index < -0.39 is 11.9 Å². The minimum atomic E-state index is -0.823. The van der Waals surface area contributed by atoms with Gasteiger partial charge in [-0.2, -0.15) is 5.26 Å². The summed E-state index contributed by atoms with van der Waals surface area (Å²) in [5.41, 5.74) is 7.30. The van der Waals surface area contributed by atoms with Crippen LogP contribution in [0.1, 0.15) is 25.3 Å². The minimum absolute atomic E-state index is 0.0654. The van der Waals surface area contributed by atoms with Crippen LogP contribution in [0.2, 0.25) is 5.02 Å². The Morgan fingerprint density at radius 1 is 1.24 bits per heavy atom. The van der Waals surface area contributed by atoms with Gasteiger partial charge < -0.3 is 25.3 Å². The van der Waals surface area contributed by atoms with E-state index in [-0.39, 0.29) is 52.7 Å². The van der Waals surface area contributed by atoms with Crippen molar-refractivity contribution in [2.24, 2.45) is 5.73 Å². The Balaban J connectivity index is 1.83. The first-order chi connectivity index (χ1) is 15.8. The number of carbonyl (C=O) groups excluding carboxylic acids is 2. The van der Waals surface area contributed by atoms with Crippen LogP contribution in [-0.2, 0) is 19.1 Å². The molecule has 2 aromatic carbocycles. The number of rotatable bonds is 7. The van der Waals surface area contributed by atoms with Crippen molar-refractivity contribution in [3.05, 3.63) is 81.9 Å². The van der Waals surface area contributed by atoms with Gasteiger partial charge in [-0.05, 0) is 43.7 Å². The summed E-state index contributed by atoms with van der Waals surface area (Å²) >= 11 is 6.39. The van der Waals surface area contributed by atoms with E-state index in [0.717, 1.165) is 0 Å². The lowest BCUT2D eigenvalue weighted by Gasteiger charge is -2.27. The number of halogens is 1. The topological polar surface area (TPSA) is 124 Å². The van der Waals surface area contributed by atoms with E-state index in [4.69, 9.17) is 31.5 Å². The average Bonchev–Trinajstić information content (AvgIpc) is 2.78. The average molecular weight is 468 g/mol. The Bertz CT molecular complexity index is 1170. The van der Waals surface area contributed by atoms with Gasteiger partial charge in [0, 0.05) is 5.69 Å². The molecule has 0 radical (unpaired) electrons. The van der Waals surface area contributed by atoms with Crippen LogP contribution in [0.25, 0.3) is 0 Å². The molecule has 0 saturated heterocycles. The number of esters is 1. The Labute approximate surface area is 196 Å². The Kier molecular flexibility index (Phi) is 7.59. The Morgan fingerprint density at radius 2 is 1.97 bits per heavy atom. The second-order valence-corrected chi connectivity index (χ2v) is 7.42. The monoisotopic (exact) mass is 467 g/mol. The smallest absolute Gasteiger partial charge is 0.338 e. The van der Waals surface area contributed by atoms with Crippen LogP contribution >= 0.6 is 11.6 Å². The molecule has 0 spiro atoms. The summed E-state index contributed by atoms with van der Waals surface area (Å²) in [6.07, 6.45) is 0. The first-order valence-electron chi connectivity index (χ1n) is 10.1. The number of hydrogen-bond donors (Lipinski definition) is 2. The fourth-order valence-corrected chi connectivity index (χ4v) is 3.61. The van der Waals surface area contributed by atoms with Crippen LogP contribution in [-0.4, -0.2) is 25.1 Å². The normalized spacial score (nSPS) is 15.4. The fraction of sp³-hybridized carbons (Fsp3) is 0.208. The van der Waals surface area contributed by atoms with Gasteiger partial charge in [0.1, 0.15) is 23.2 Å². The van der Waals surface area contributed by atoms with Crippen molar-refractivity contribution in [3.63, 3.8) is 0 Å². The van der Waals surface area contributed by atoms with Gasteiger partial charge in [-0.1, -0.05) is 35.9 Å². The SMILES string of the molecule is CCOC(=O)C1=C(C)OC(N)=C(C#N)C1c1ccc(OCC(=O)Nc2ccccc2)c(Cl)c1. The molecule has 0 saturated carbocycles. The number of benzene rings is 2. The van der Waals surface area contributed by atoms with Gasteiger partial charge in [0.15, 0.2) is 6.61 Å². The van der Waals surface area contributed by atoms with Crippen LogP contribution in [0, 0.1) is 11.3 Å². The van der Waals surface area contributed by atoms with Crippen LogP contribution in [0.15, 0.2) is 71.3 Å². The van der Waals surface area contributed by atoms with Crippen LogP contribution in [0.4, 0.5) is 5.69 Å². The van der Waals surface area contributed by atoms with Gasteiger partial charge in [-0.15, -0.1) is 0 Å². The second kappa shape index (κ2) is 10.6. The highest BCUT2D eigenvalue weighted by Crippen LogP contribution is 2.41. The molecular weight excluding hydrogens is 446 g/mol. The molecule has 1 atom stereocenters. The highest BCUT2D eigenvalue weighted by molar-refractivity contribution is 6.32. The molecule has 33 heavy (non-hydrogen) atoms. The van der Waals surface area contributed by atoms with Gasteiger partial charge in [-0.25, -0.2) is 4.79 Å². The van der Waals surface area contributed by atoms with E-state index >= 15 is 0 Å². The first kappa shape index (κ1) is 23.7. The molecule has 2 aromatic rings. The summed E-state index contributed by atoms with van der Waals surface area (Å²) in [4.78, 5) is 24.7. The lowest BCUT2D eigenvalue weighted by atomic mass is 9.83. The molecular formula is C24H22ClN3O5. The molecule has 1 heterocycles. The maximum Gasteiger partial charge on any atom is 0.338 e. The number of para-hydroxylation sites is 1. The zero-order valence-electron chi connectivity index (χ0n) is 18.1. The number of allylic oxidation sites excluding steroid dienone is 2. The standard InChI is InChI=1S/C24H22ClN3O5/c1-3-31-24(30)21-14(2)33-23(27)17(12-26)22(21)15-9-10-19(18(25)11-15)32-13-20(29)28-16-7-5-4-6-8-16/h4-11,22H,3,13,27H2,1-2H3,(H,28,29). The molecule has 170 valence electrons. The quantitative estimate of drug-likeness (QED) is 0.589. The minimum Gasteiger partial charge on any atom is -0.482 e. The number of amides is 1. The summed E-state index contributed by atoms with van der Waals surface area (Å²) in [5.74, 6) is -1.38. The third kappa shape index (κ3) is 5.45. The third-order valence-corrected chi connectivity index (χ3v) is 5.10. The number of nitrogens with two attached hydrogens (primary N) is 1. The molecule has 1 aliphatic heterocycles. The maximum absolute atomic E-state index is 12.6. The number of ether oxygens (including phenoxy) is 3. The number of carbonyl (C=O) groups is 2. The highest BCUT2D eigenvalue weighted by Gasteiger charge is 2.36. The molecule has 1 unspecified atom stereocenters. The van der Waals surface area contributed by atoms with Gasteiger partial charge in [-0.3, -0.25) is 4.79 Å². The number of anilines is 1. The number of nitrogens with zero attached hydrogens (tertiary/aromatic N) is 1. The summed E-state index contributed by atoms with van der Waals surface area (Å²) in [6.45, 7) is 3.15. The molecule has 1 aliphatic rings. The van der Waals surface area contributed by atoms with Crippen LogP contribution in [0.3, 0.4) is 0 Å². The lowest BCUT2D eigenvalue weighted by molar-refractivity contribution is -0.139. The number of nitrogens with one attached hydrogen (secondary N) is 1. The van der Waals surface area contributed by atoms with Crippen molar-refractivity contribution in [3.8, 4) is 11.8 Å². The molecule has 0 aromatic heterocycles. The largest absolute Gasteiger partial charge is 0.482 e. The van der Waals surface area contributed by atoms with E-state index in [2.05, 4.69) is 5.32 Å². The summed E-state index contributed by atoms with van der Waals surface area (Å²) in [6, 6.07) is 15.7. The van der Waals surface area contributed by atoms with Crippen molar-refractivity contribution in [1.29, 1.82) is 5.26 Å². The van der Waals surface area contributed by atoms with Crippen LogP contribution < -0.4 is 15.8 Å². The van der Waals surface area contributed by atoms with E-state index in [1.807, 2.05) is 12.1 Å². The molecule has 0 bridgehead atoms. The zero-order valence-corrected chi connectivity index (χ0v) is 18.8. The van der Waals surface area contributed by atoms with Crippen molar-refractivity contribution in [1.82, 2.24) is 0 Å². The molecule has 1 amide bonds. The van der Waals surface area contributed by atoms with E-state index in [1.54, 1.807) is 56.3 Å². The predicted octanol–water partition coefficient (Wildman–Crippen LogP) is 4.00. The summed E-state index contributed by atoms with van der Waals surface area (Å²) < 4.78 is 16.1. The molecule has 0 fully saturated rings. The van der Waals surface area contributed by atoms with E-state index in [9.17, 15) is 14.9 Å². The van der Waals surface area contributed by atoms with Gasteiger partial charge in [0.05, 0.1) is 23.1 Å². The van der Waals surface area contributed by atoms with Crippen molar-refractivity contribution in [2.75, 3.05) is 18.5 Å². The molecule has 8 nitrogen and oxygen atoms in total. The zero-order chi connectivity index (χ0) is 24.0. The summed E-state index contributed by atoms with van der Waals surface area (Å²) in [7, 11) is 0. The van der Waals surface area contributed by atoms with Crippen molar-refractivity contribution in [2.45, 2.75) is 19.8 Å². The number of hydrogen-bond acceptors (Lipinski definition) is 7. The molecule has 3 rings (SSSR count). The number of nitriles is 1. The first-order valence-corrected chi connectivity index (χ1v) is 10.5. The van der Waals surface area contributed by atoms with E-state index in [0.29, 0.717) is 11.3 Å². The maximum atomic E-state index is 12.6. The lowest BCUT2D eigenvalue weighted by Crippen LogP contribution is -2.25. The predicted molar refractivity (Wildman–Crippen MR) is 122 cm³/mol.